The van der Waals surface area contributed by atoms with Gasteiger partial charge in [0.05, 0.1) is 0 Å². The normalized spacial score (nSPS) is 15.4. The molecule has 0 bridgehead atoms. The minimum atomic E-state index is 0.917. The van der Waals surface area contributed by atoms with Crippen molar-refractivity contribution >= 4 is 5.96 Å². The van der Waals surface area contributed by atoms with E-state index >= 15 is 0 Å². The first-order valence-electron chi connectivity index (χ1n) is 8.90. The number of rotatable bonds is 8. The summed E-state index contributed by atoms with van der Waals surface area (Å²) in [4.78, 5) is 8.53. The van der Waals surface area contributed by atoms with Crippen LogP contribution in [-0.2, 0) is 6.54 Å². The van der Waals surface area contributed by atoms with Crippen molar-refractivity contribution in [3.63, 3.8) is 0 Å². The molecule has 128 valence electrons. The van der Waals surface area contributed by atoms with Crippen molar-refractivity contribution in [2.75, 3.05) is 20.1 Å². The summed E-state index contributed by atoms with van der Waals surface area (Å²) in [5, 5.41) is 6.81. The summed E-state index contributed by atoms with van der Waals surface area (Å²) in [6.07, 6.45) is 15.0. The van der Waals surface area contributed by atoms with E-state index in [0.29, 0.717) is 0 Å². The predicted octanol–water partition coefficient (Wildman–Crippen LogP) is 3.03. The second kappa shape index (κ2) is 10.1. The average Bonchev–Trinajstić information content (AvgIpc) is 2.99. The highest BCUT2D eigenvalue weighted by Crippen LogP contribution is 2.19. The second-order valence-electron chi connectivity index (χ2n) is 6.16. The smallest absolute Gasteiger partial charge is 0.190 e. The summed E-state index contributed by atoms with van der Waals surface area (Å²) in [7, 11) is 1.84. The summed E-state index contributed by atoms with van der Waals surface area (Å²) in [5.41, 5.74) is 1.61. The number of nitrogens with one attached hydrogen (secondary N) is 2. The van der Waals surface area contributed by atoms with Crippen LogP contribution in [0.5, 0.6) is 0 Å². The standard InChI is InChI=1S/C18H31N5/c1-16-20-13-15-23(16)14-7-6-11-21-18(19-2)22-12-10-17-8-4-3-5-9-17/h8,13,15H,3-7,9-12,14H2,1-2H3,(H2,19,21,22). The summed E-state index contributed by atoms with van der Waals surface area (Å²) in [6.45, 7) is 5.01. The molecule has 1 aliphatic rings. The van der Waals surface area contributed by atoms with Crippen LogP contribution in [0.25, 0.3) is 0 Å². The van der Waals surface area contributed by atoms with Crippen LogP contribution in [0, 0.1) is 6.92 Å². The molecule has 0 aromatic carbocycles. The number of aromatic nitrogens is 2. The molecular formula is C18H31N5. The number of aliphatic imine (C=N–C) groups is 1. The molecule has 5 nitrogen and oxygen atoms in total. The van der Waals surface area contributed by atoms with E-state index in [1.54, 1.807) is 5.57 Å². The molecule has 1 aromatic rings. The lowest BCUT2D eigenvalue weighted by Crippen LogP contribution is -2.38. The van der Waals surface area contributed by atoms with Crippen LogP contribution in [0.4, 0.5) is 0 Å². The molecule has 0 radical (unpaired) electrons. The molecule has 2 N–H and O–H groups in total. The van der Waals surface area contributed by atoms with Crippen molar-refractivity contribution in [1.29, 1.82) is 0 Å². The number of guanidine groups is 1. The molecule has 0 spiro atoms. The van der Waals surface area contributed by atoms with Crippen molar-refractivity contribution in [2.45, 2.75) is 58.4 Å². The fourth-order valence-corrected chi connectivity index (χ4v) is 2.95. The predicted molar refractivity (Wildman–Crippen MR) is 96.7 cm³/mol. The third-order valence-corrected chi connectivity index (χ3v) is 4.39. The highest BCUT2D eigenvalue weighted by Gasteiger charge is 2.04. The Hall–Kier alpha value is -1.78. The third kappa shape index (κ3) is 6.47. The first kappa shape index (κ1) is 17.6. The topological polar surface area (TPSA) is 54.2 Å². The largest absolute Gasteiger partial charge is 0.356 e. The first-order valence-corrected chi connectivity index (χ1v) is 8.90. The van der Waals surface area contributed by atoms with Gasteiger partial charge in [-0.15, -0.1) is 0 Å². The number of hydrogen-bond donors (Lipinski definition) is 2. The van der Waals surface area contributed by atoms with Gasteiger partial charge in [-0.25, -0.2) is 4.98 Å². The Morgan fingerprint density at radius 3 is 2.83 bits per heavy atom. The van der Waals surface area contributed by atoms with Gasteiger partial charge >= 0.3 is 0 Å². The number of nitrogens with zero attached hydrogens (tertiary/aromatic N) is 3. The maximum atomic E-state index is 4.29. The molecule has 2 rings (SSSR count). The summed E-state index contributed by atoms with van der Waals surface area (Å²) < 4.78 is 2.20. The molecule has 0 unspecified atom stereocenters. The van der Waals surface area contributed by atoms with Crippen LogP contribution < -0.4 is 10.6 Å². The monoisotopic (exact) mass is 317 g/mol. The Kier molecular flexibility index (Phi) is 7.70. The van der Waals surface area contributed by atoms with Crippen molar-refractivity contribution < 1.29 is 0 Å². The lowest BCUT2D eigenvalue weighted by atomic mass is 9.97. The van der Waals surface area contributed by atoms with Crippen molar-refractivity contribution in [3.05, 3.63) is 29.9 Å². The van der Waals surface area contributed by atoms with Gasteiger partial charge < -0.3 is 15.2 Å². The Morgan fingerprint density at radius 1 is 1.26 bits per heavy atom. The Bertz CT molecular complexity index is 515. The summed E-state index contributed by atoms with van der Waals surface area (Å²) in [6, 6.07) is 0. The van der Waals surface area contributed by atoms with E-state index in [2.05, 4.69) is 31.3 Å². The molecule has 1 aromatic heterocycles. The Labute approximate surface area is 140 Å². The highest BCUT2D eigenvalue weighted by atomic mass is 15.2. The van der Waals surface area contributed by atoms with Gasteiger partial charge in [0.15, 0.2) is 5.96 Å². The van der Waals surface area contributed by atoms with Crippen LogP contribution in [-0.4, -0.2) is 35.6 Å². The molecule has 1 heterocycles. The van der Waals surface area contributed by atoms with Gasteiger partial charge in [-0.05, 0) is 51.9 Å². The van der Waals surface area contributed by atoms with Gasteiger partial charge in [-0.2, -0.15) is 0 Å². The van der Waals surface area contributed by atoms with E-state index in [-0.39, 0.29) is 0 Å². The fourth-order valence-electron chi connectivity index (χ4n) is 2.95. The van der Waals surface area contributed by atoms with Crippen LogP contribution in [0.3, 0.4) is 0 Å². The first-order chi connectivity index (χ1) is 11.3. The van der Waals surface area contributed by atoms with Crippen molar-refractivity contribution in [2.24, 2.45) is 4.99 Å². The zero-order chi connectivity index (χ0) is 16.3. The summed E-state index contributed by atoms with van der Waals surface area (Å²) >= 11 is 0. The van der Waals surface area contributed by atoms with Gasteiger partial charge in [0.2, 0.25) is 0 Å². The van der Waals surface area contributed by atoms with Crippen molar-refractivity contribution in [3.8, 4) is 0 Å². The molecule has 0 saturated carbocycles. The van der Waals surface area contributed by atoms with Gasteiger partial charge in [-0.1, -0.05) is 11.6 Å². The molecule has 0 saturated heterocycles. The SMILES string of the molecule is CN=C(NCCCCn1ccnc1C)NCCC1=CCCCC1. The van der Waals surface area contributed by atoms with Gasteiger partial charge in [0, 0.05) is 39.1 Å². The molecule has 23 heavy (non-hydrogen) atoms. The molecular weight excluding hydrogens is 286 g/mol. The minimum Gasteiger partial charge on any atom is -0.356 e. The fraction of sp³-hybridized carbons (Fsp3) is 0.667. The van der Waals surface area contributed by atoms with E-state index < -0.39 is 0 Å². The van der Waals surface area contributed by atoms with E-state index in [9.17, 15) is 0 Å². The van der Waals surface area contributed by atoms with E-state index in [4.69, 9.17) is 0 Å². The van der Waals surface area contributed by atoms with Crippen molar-refractivity contribution in [1.82, 2.24) is 20.2 Å². The van der Waals surface area contributed by atoms with Gasteiger partial charge in [0.1, 0.15) is 5.82 Å². The molecule has 0 fully saturated rings. The maximum absolute atomic E-state index is 4.29. The quantitative estimate of drug-likeness (QED) is 0.335. The van der Waals surface area contributed by atoms with Crippen LogP contribution >= 0.6 is 0 Å². The third-order valence-electron chi connectivity index (χ3n) is 4.39. The number of aryl methyl sites for hydroxylation is 2. The lowest BCUT2D eigenvalue weighted by Gasteiger charge is -2.15. The molecule has 0 atom stereocenters. The molecule has 5 heteroatoms. The van der Waals surface area contributed by atoms with Gasteiger partial charge in [0.25, 0.3) is 0 Å². The number of imidazole rings is 1. The second-order valence-corrected chi connectivity index (χ2v) is 6.16. The Balaban J connectivity index is 1.54. The van der Waals surface area contributed by atoms with E-state index in [1.807, 2.05) is 26.4 Å². The summed E-state index contributed by atoms with van der Waals surface area (Å²) in [5.74, 6) is 2.01. The highest BCUT2D eigenvalue weighted by molar-refractivity contribution is 5.79. The Morgan fingerprint density at radius 2 is 2.13 bits per heavy atom. The zero-order valence-corrected chi connectivity index (χ0v) is 14.6. The lowest BCUT2D eigenvalue weighted by molar-refractivity contribution is 0.588. The van der Waals surface area contributed by atoms with Crippen LogP contribution in [0.15, 0.2) is 29.0 Å². The van der Waals surface area contributed by atoms with E-state index in [1.165, 1.54) is 25.7 Å². The number of hydrogen-bond acceptors (Lipinski definition) is 2. The average molecular weight is 317 g/mol. The number of unbranched alkanes of at least 4 members (excludes halogenated alkanes) is 1. The van der Waals surface area contributed by atoms with Gasteiger partial charge in [-0.3, -0.25) is 4.99 Å². The zero-order valence-electron chi connectivity index (χ0n) is 14.6. The maximum Gasteiger partial charge on any atom is 0.190 e. The number of allylic oxidation sites excluding steroid dienone is 1. The minimum absolute atomic E-state index is 0.917. The molecule has 1 aliphatic carbocycles. The molecule has 0 aliphatic heterocycles. The van der Waals surface area contributed by atoms with Crippen LogP contribution in [0.1, 0.15) is 50.8 Å². The van der Waals surface area contributed by atoms with E-state index in [0.717, 1.165) is 50.7 Å². The molecule has 0 amide bonds. The van der Waals surface area contributed by atoms with Crippen LogP contribution in [0.2, 0.25) is 0 Å².